The van der Waals surface area contributed by atoms with Crippen LogP contribution in [-0.2, 0) is 23.4 Å². The molecular weight excluding hydrogens is 813 g/mol. The van der Waals surface area contributed by atoms with Crippen LogP contribution in [0.2, 0.25) is 0 Å². The average Bonchev–Trinajstić information content (AvgIpc) is 3.32. The molecule has 0 radical (unpaired) electrons. The summed E-state index contributed by atoms with van der Waals surface area (Å²) in [5.74, 6) is -1.07. The predicted molar refractivity (Wildman–Crippen MR) is 241 cm³/mol. The number of aliphatic hydroxyl groups is 2. The number of phenols is 1. The number of hydrogen-bond donors (Lipinski definition) is 6. The molecule has 6 aromatic rings. The molecule has 2 unspecified atom stereocenters. The summed E-state index contributed by atoms with van der Waals surface area (Å²) in [6.45, 7) is 3.63. The molecule has 5 aromatic carbocycles. The molecule has 2 aliphatic rings. The van der Waals surface area contributed by atoms with E-state index in [4.69, 9.17) is 4.74 Å². The lowest BCUT2D eigenvalue weighted by atomic mass is 9.72. The zero-order valence-corrected chi connectivity index (χ0v) is 35.4. The van der Waals surface area contributed by atoms with Crippen molar-refractivity contribution < 1.29 is 39.5 Å². The number of aromatic hydroxyl groups is 1. The second kappa shape index (κ2) is 18.9. The number of ether oxygens (including phenoxy) is 1. The van der Waals surface area contributed by atoms with Gasteiger partial charge in [0.2, 0.25) is 11.2 Å². The van der Waals surface area contributed by atoms with Crippen molar-refractivity contribution in [2.75, 3.05) is 39.3 Å². The fourth-order valence-corrected chi connectivity index (χ4v) is 9.10. The van der Waals surface area contributed by atoms with Crippen LogP contribution in [-0.4, -0.2) is 92.3 Å². The van der Waals surface area contributed by atoms with E-state index in [9.17, 15) is 39.6 Å². The number of H-pyrrole nitrogens is 1. The van der Waals surface area contributed by atoms with Crippen LogP contribution in [0.5, 0.6) is 11.5 Å². The Morgan fingerprint density at radius 1 is 0.766 bits per heavy atom. The highest BCUT2D eigenvalue weighted by Crippen LogP contribution is 2.41. The van der Waals surface area contributed by atoms with E-state index in [0.717, 1.165) is 36.8 Å². The summed E-state index contributed by atoms with van der Waals surface area (Å²) >= 11 is 0. The Hall–Kier alpha value is -6.80. The number of nitrogens with one attached hydrogen (secondary N) is 2. The second-order valence-corrected chi connectivity index (χ2v) is 17.0. The number of aliphatic carboxylic acids is 1. The number of likely N-dealkylation sites (tertiary alicyclic amines) is 2. The molecule has 2 fully saturated rings. The summed E-state index contributed by atoms with van der Waals surface area (Å²) in [6.07, 6.45) is 3.40. The highest BCUT2D eigenvalue weighted by Gasteiger charge is 2.42. The van der Waals surface area contributed by atoms with Crippen LogP contribution >= 0.6 is 0 Å². The Morgan fingerprint density at radius 3 is 2.14 bits per heavy atom. The molecule has 1 spiro atoms. The topological polar surface area (TPSA) is 193 Å². The van der Waals surface area contributed by atoms with Crippen molar-refractivity contribution >= 4 is 28.7 Å². The number of amides is 2. The first-order valence-corrected chi connectivity index (χ1v) is 21.7. The zero-order valence-electron chi connectivity index (χ0n) is 35.4. The van der Waals surface area contributed by atoms with Gasteiger partial charge in [0.1, 0.15) is 18.1 Å². The van der Waals surface area contributed by atoms with Gasteiger partial charge in [-0.25, -0.2) is 4.79 Å². The van der Waals surface area contributed by atoms with Gasteiger partial charge in [-0.1, -0.05) is 72.8 Å². The summed E-state index contributed by atoms with van der Waals surface area (Å²) in [4.78, 5) is 57.8. The molecule has 0 saturated carbocycles. The molecule has 0 aliphatic carbocycles. The molecule has 2 atom stereocenters. The lowest BCUT2D eigenvalue weighted by molar-refractivity contribution is -0.155. The second-order valence-electron chi connectivity index (χ2n) is 17.0. The minimum absolute atomic E-state index is 0.000383. The summed E-state index contributed by atoms with van der Waals surface area (Å²) in [7, 11) is 0. The monoisotopic (exact) mass is 864 g/mol. The Morgan fingerprint density at radius 2 is 1.44 bits per heavy atom. The summed E-state index contributed by atoms with van der Waals surface area (Å²) < 4.78 is 6.00. The third-order valence-electron chi connectivity index (χ3n) is 12.8. The Balaban J connectivity index is 0.791. The number of piperidine rings is 2. The van der Waals surface area contributed by atoms with Gasteiger partial charge in [-0.2, -0.15) is 0 Å². The third kappa shape index (κ3) is 9.42. The summed E-state index contributed by atoms with van der Waals surface area (Å²) in [5, 5.41) is 46.1. The average molecular weight is 865 g/mol. The van der Waals surface area contributed by atoms with E-state index in [1.165, 1.54) is 18.2 Å². The van der Waals surface area contributed by atoms with Crippen LogP contribution in [0.1, 0.15) is 80.3 Å². The smallest absolute Gasteiger partial charge is 0.345 e. The Labute approximate surface area is 370 Å². The molecule has 330 valence electrons. The Kier molecular flexibility index (Phi) is 12.9. The highest BCUT2D eigenvalue weighted by atomic mass is 16.5. The van der Waals surface area contributed by atoms with Gasteiger partial charge in [0.25, 0.3) is 11.8 Å². The minimum Gasteiger partial charge on any atom is -0.506 e. The number of aromatic nitrogens is 1. The normalized spacial score (nSPS) is 16.3. The molecule has 13 heteroatoms. The third-order valence-corrected chi connectivity index (χ3v) is 12.8. The number of phenolic OH excluding ortho intramolecular Hbond substituents is 1. The number of pyridine rings is 1. The maximum atomic E-state index is 13.8. The largest absolute Gasteiger partial charge is 0.506 e. The number of aromatic amines is 1. The first-order valence-electron chi connectivity index (χ1n) is 21.7. The van der Waals surface area contributed by atoms with Crippen LogP contribution in [0.4, 0.5) is 0 Å². The van der Waals surface area contributed by atoms with Crippen molar-refractivity contribution in [2.24, 2.45) is 5.41 Å². The number of fused-ring (bicyclic) bond motifs is 1. The maximum absolute atomic E-state index is 13.8. The van der Waals surface area contributed by atoms with Gasteiger partial charge < -0.3 is 45.3 Å². The fraction of sp³-hybridized carbons (Fsp3) is 0.294. The summed E-state index contributed by atoms with van der Waals surface area (Å²) in [5.41, 5.74) is 1.80. The van der Waals surface area contributed by atoms with Crippen LogP contribution in [0.15, 0.2) is 132 Å². The number of carbonyl (C=O) groups is 3. The molecule has 2 amide bonds. The van der Waals surface area contributed by atoms with Crippen molar-refractivity contribution in [3.63, 3.8) is 0 Å². The first kappa shape index (κ1) is 43.8. The molecule has 6 N–H and O–H groups in total. The van der Waals surface area contributed by atoms with Crippen LogP contribution in [0.3, 0.4) is 0 Å². The number of carboxylic acid groups (broad SMARTS) is 1. The van der Waals surface area contributed by atoms with E-state index in [-0.39, 0.29) is 52.8 Å². The number of rotatable bonds is 14. The van der Waals surface area contributed by atoms with Gasteiger partial charge >= 0.3 is 5.97 Å². The molecule has 0 bridgehead atoms. The van der Waals surface area contributed by atoms with Crippen molar-refractivity contribution in [2.45, 2.75) is 50.4 Å². The van der Waals surface area contributed by atoms with Gasteiger partial charge in [-0.15, -0.1) is 0 Å². The van der Waals surface area contributed by atoms with Gasteiger partial charge in [-0.05, 0) is 115 Å². The van der Waals surface area contributed by atoms with Crippen LogP contribution in [0.25, 0.3) is 10.9 Å². The summed E-state index contributed by atoms with van der Waals surface area (Å²) in [6, 6.07) is 35.7. The minimum atomic E-state index is -2.24. The molecule has 64 heavy (non-hydrogen) atoms. The quantitative estimate of drug-likeness (QED) is 0.0692. The number of carbonyl (C=O) groups excluding carboxylic acids is 2. The lowest BCUT2D eigenvalue weighted by Gasteiger charge is -2.47. The van der Waals surface area contributed by atoms with Gasteiger partial charge in [0.15, 0.2) is 0 Å². The van der Waals surface area contributed by atoms with E-state index in [1.54, 1.807) is 72.8 Å². The number of aliphatic hydroxyl groups excluding tert-OH is 1. The van der Waals surface area contributed by atoms with E-state index in [0.29, 0.717) is 72.5 Å². The highest BCUT2D eigenvalue weighted by molar-refractivity contribution is 5.95. The SMILES string of the molecule is O=C(c1ccc(CCNCC(O)c2ccc(O)c3[nH]c(=O)ccc23)cc1)N1CCC2(CCCN(C(=O)c3ccc(COc4cccc(C(O)(C(=O)O)c5ccccc5)c4)cc3)C2)CC1. The van der Waals surface area contributed by atoms with Crippen molar-refractivity contribution in [1.82, 2.24) is 20.1 Å². The van der Waals surface area contributed by atoms with Crippen molar-refractivity contribution in [3.05, 3.63) is 177 Å². The molecule has 13 nitrogen and oxygen atoms in total. The molecule has 2 aliphatic heterocycles. The van der Waals surface area contributed by atoms with E-state index >= 15 is 0 Å². The fourth-order valence-electron chi connectivity index (χ4n) is 9.10. The number of nitrogens with zero attached hydrogens (tertiary/aromatic N) is 2. The molecule has 1 aromatic heterocycles. The molecule has 3 heterocycles. The van der Waals surface area contributed by atoms with E-state index < -0.39 is 17.7 Å². The molecular formula is C51H52N4O9. The van der Waals surface area contributed by atoms with Gasteiger partial charge in [0, 0.05) is 60.9 Å². The first-order chi connectivity index (χ1) is 30.9. The number of carboxylic acids is 1. The maximum Gasteiger partial charge on any atom is 0.345 e. The number of hydrogen-bond acceptors (Lipinski definition) is 9. The van der Waals surface area contributed by atoms with Crippen LogP contribution in [0, 0.1) is 5.41 Å². The van der Waals surface area contributed by atoms with Crippen molar-refractivity contribution in [3.8, 4) is 11.5 Å². The van der Waals surface area contributed by atoms with Gasteiger partial charge in [-0.3, -0.25) is 14.4 Å². The van der Waals surface area contributed by atoms with Crippen molar-refractivity contribution in [1.29, 1.82) is 0 Å². The standard InChI is InChI=1S/C51H52N4O9/c56-43-20-18-41(42-19-21-45(58)53-46(42)43)44(57)31-52-26-22-34-10-14-36(15-11-34)47(59)54-28-24-50(25-29-54)23-5-27-55(33-50)48(60)37-16-12-35(13-17-37)32-64-40-9-4-8-39(30-40)51(63,49(61)62)38-6-2-1-3-7-38/h1-4,6-21,30,44,52,56-57,63H,5,22-29,31-33H2,(H,53,58)(H,61,62). The molecule has 2 saturated heterocycles. The van der Waals surface area contributed by atoms with Crippen LogP contribution < -0.4 is 15.6 Å². The predicted octanol–water partition coefficient (Wildman–Crippen LogP) is 6.16. The number of benzene rings is 5. The lowest BCUT2D eigenvalue weighted by Crippen LogP contribution is -2.52. The van der Waals surface area contributed by atoms with Gasteiger partial charge in [0.05, 0.1) is 11.6 Å². The van der Waals surface area contributed by atoms with E-state index in [2.05, 4.69) is 10.3 Å². The molecule has 8 rings (SSSR count). The zero-order chi connectivity index (χ0) is 44.8. The Bertz CT molecular complexity index is 2680. The van der Waals surface area contributed by atoms with E-state index in [1.807, 2.05) is 46.2 Å².